The average molecular weight is 340 g/mol. The summed E-state index contributed by atoms with van der Waals surface area (Å²) in [5.74, 6) is -2.02. The Bertz CT molecular complexity index is 723. The van der Waals surface area contributed by atoms with E-state index < -0.39 is 30.5 Å². The smallest absolute Gasteiger partial charge is 0.422 e. The molecule has 24 heavy (non-hydrogen) atoms. The summed E-state index contributed by atoms with van der Waals surface area (Å²) in [6.45, 7) is -1.59. The zero-order valence-corrected chi connectivity index (χ0v) is 12.0. The second-order valence-electron chi connectivity index (χ2n) is 4.41. The van der Waals surface area contributed by atoms with Gasteiger partial charge in [-0.2, -0.15) is 13.2 Å². The van der Waals surface area contributed by atoms with E-state index in [1.807, 2.05) is 0 Å². The van der Waals surface area contributed by atoms with Crippen molar-refractivity contribution >= 4 is 11.8 Å². The summed E-state index contributed by atoms with van der Waals surface area (Å²) in [6, 6.07) is 5.56. The zero-order valence-electron chi connectivity index (χ0n) is 12.0. The molecule has 2 heterocycles. The van der Waals surface area contributed by atoms with Crippen LogP contribution in [0.5, 0.6) is 5.88 Å². The number of alkyl halides is 3. The minimum atomic E-state index is -4.57. The fraction of sp³-hybridized carbons (Fsp3) is 0.143. The highest BCUT2D eigenvalue weighted by atomic mass is 19.4. The Labute approximate surface area is 133 Å². The van der Waals surface area contributed by atoms with E-state index in [0.29, 0.717) is 0 Å². The second-order valence-corrected chi connectivity index (χ2v) is 4.41. The number of carbonyl (C=O) groups is 2. The van der Waals surface area contributed by atoms with Gasteiger partial charge in [0.25, 0.3) is 11.8 Å². The van der Waals surface area contributed by atoms with E-state index in [2.05, 4.69) is 25.6 Å². The molecule has 7 nitrogen and oxygen atoms in total. The Morgan fingerprint density at radius 3 is 2.46 bits per heavy atom. The van der Waals surface area contributed by atoms with Gasteiger partial charge in [0.15, 0.2) is 6.61 Å². The number of hydrogen-bond acceptors (Lipinski definition) is 5. The molecule has 0 radical (unpaired) electrons. The summed E-state index contributed by atoms with van der Waals surface area (Å²) in [5.41, 5.74) is 4.12. The van der Waals surface area contributed by atoms with Crippen molar-refractivity contribution in [3.8, 4) is 5.88 Å². The fourth-order valence-electron chi connectivity index (χ4n) is 1.58. The molecular formula is C14H11F3N4O3. The standard InChI is InChI=1S/C14H11F3N4O3/c15-14(16,17)8-24-13-10(4-2-6-19-13)12(23)21-20-11(22)9-3-1-5-18-7-9/h1-7H,8H2,(H,20,22)(H,21,23). The number of ether oxygens (including phenoxy) is 1. The maximum absolute atomic E-state index is 12.2. The van der Waals surface area contributed by atoms with Gasteiger partial charge in [0.05, 0.1) is 5.56 Å². The monoisotopic (exact) mass is 340 g/mol. The van der Waals surface area contributed by atoms with Crippen LogP contribution in [0.15, 0.2) is 42.9 Å². The van der Waals surface area contributed by atoms with Crippen LogP contribution in [0.2, 0.25) is 0 Å². The van der Waals surface area contributed by atoms with Gasteiger partial charge in [0, 0.05) is 18.6 Å². The Morgan fingerprint density at radius 1 is 1.08 bits per heavy atom. The number of aromatic nitrogens is 2. The van der Waals surface area contributed by atoms with Crippen molar-refractivity contribution in [3.05, 3.63) is 54.0 Å². The topological polar surface area (TPSA) is 93.2 Å². The van der Waals surface area contributed by atoms with Crippen LogP contribution < -0.4 is 15.6 Å². The number of hydrogen-bond donors (Lipinski definition) is 2. The van der Waals surface area contributed by atoms with E-state index in [0.717, 1.165) is 0 Å². The Morgan fingerprint density at radius 2 is 1.79 bits per heavy atom. The number of nitrogens with zero attached hydrogens (tertiary/aromatic N) is 2. The summed E-state index contributed by atoms with van der Waals surface area (Å²) in [6.07, 6.45) is -0.644. The minimum Gasteiger partial charge on any atom is -0.467 e. The summed E-state index contributed by atoms with van der Waals surface area (Å²) in [7, 11) is 0. The molecule has 2 amide bonds. The molecule has 10 heteroatoms. The second kappa shape index (κ2) is 7.40. The molecule has 0 unspecified atom stereocenters. The maximum atomic E-state index is 12.2. The molecule has 0 atom stereocenters. The van der Waals surface area contributed by atoms with Crippen LogP contribution in [-0.4, -0.2) is 34.6 Å². The summed E-state index contributed by atoms with van der Waals surface area (Å²) < 4.78 is 41.1. The van der Waals surface area contributed by atoms with Gasteiger partial charge >= 0.3 is 6.18 Å². The average Bonchev–Trinajstić information content (AvgIpc) is 2.58. The lowest BCUT2D eigenvalue weighted by Crippen LogP contribution is -2.41. The third-order valence-corrected chi connectivity index (χ3v) is 2.60. The van der Waals surface area contributed by atoms with Gasteiger partial charge in [-0.25, -0.2) is 4.98 Å². The van der Waals surface area contributed by atoms with Crippen LogP contribution >= 0.6 is 0 Å². The first-order valence-corrected chi connectivity index (χ1v) is 6.52. The Balaban J connectivity index is 2.01. The molecule has 0 fully saturated rings. The molecule has 0 aliphatic rings. The first-order chi connectivity index (χ1) is 11.4. The summed E-state index contributed by atoms with van der Waals surface area (Å²) >= 11 is 0. The molecule has 0 aliphatic carbocycles. The Kier molecular flexibility index (Phi) is 5.30. The van der Waals surface area contributed by atoms with Crippen LogP contribution in [0.4, 0.5) is 13.2 Å². The van der Waals surface area contributed by atoms with Crippen LogP contribution in [0, 0.1) is 0 Å². The SMILES string of the molecule is O=C(NNC(=O)c1cccnc1OCC(F)(F)F)c1cccnc1. The van der Waals surface area contributed by atoms with E-state index in [4.69, 9.17) is 0 Å². The van der Waals surface area contributed by atoms with E-state index in [9.17, 15) is 22.8 Å². The minimum absolute atomic E-state index is 0.192. The molecule has 0 saturated carbocycles. The van der Waals surface area contributed by atoms with Crippen LogP contribution in [0.1, 0.15) is 20.7 Å². The highest BCUT2D eigenvalue weighted by Gasteiger charge is 2.29. The molecule has 0 aliphatic heterocycles. The van der Waals surface area contributed by atoms with Gasteiger partial charge in [-0.1, -0.05) is 0 Å². The highest BCUT2D eigenvalue weighted by Crippen LogP contribution is 2.19. The molecule has 0 saturated heterocycles. The summed E-state index contributed by atoms with van der Waals surface area (Å²) in [4.78, 5) is 31.1. The third-order valence-electron chi connectivity index (χ3n) is 2.60. The van der Waals surface area contributed by atoms with Crippen molar-refractivity contribution < 1.29 is 27.5 Å². The first kappa shape index (κ1) is 17.2. The molecule has 0 spiro atoms. The fourth-order valence-corrected chi connectivity index (χ4v) is 1.58. The lowest BCUT2D eigenvalue weighted by molar-refractivity contribution is -0.154. The predicted molar refractivity (Wildman–Crippen MR) is 75.0 cm³/mol. The zero-order chi connectivity index (χ0) is 17.6. The van der Waals surface area contributed by atoms with E-state index in [-0.39, 0.29) is 11.1 Å². The van der Waals surface area contributed by atoms with E-state index >= 15 is 0 Å². The first-order valence-electron chi connectivity index (χ1n) is 6.52. The van der Waals surface area contributed by atoms with E-state index in [1.54, 1.807) is 0 Å². The number of nitrogens with one attached hydrogen (secondary N) is 2. The number of halogens is 3. The molecule has 2 rings (SSSR count). The van der Waals surface area contributed by atoms with Gasteiger partial charge in [-0.05, 0) is 24.3 Å². The van der Waals surface area contributed by atoms with Gasteiger partial charge in [0.1, 0.15) is 5.56 Å². The van der Waals surface area contributed by atoms with E-state index in [1.165, 1.54) is 42.9 Å². The van der Waals surface area contributed by atoms with Gasteiger partial charge < -0.3 is 4.74 Å². The van der Waals surface area contributed by atoms with Crippen molar-refractivity contribution in [2.24, 2.45) is 0 Å². The quantitative estimate of drug-likeness (QED) is 0.823. The van der Waals surface area contributed by atoms with Gasteiger partial charge in [-0.3, -0.25) is 25.4 Å². The molecule has 0 aromatic carbocycles. The van der Waals surface area contributed by atoms with Crippen molar-refractivity contribution in [2.75, 3.05) is 6.61 Å². The number of hydrazine groups is 1. The van der Waals surface area contributed by atoms with Crippen molar-refractivity contribution in [3.63, 3.8) is 0 Å². The van der Waals surface area contributed by atoms with Crippen LogP contribution in [0.25, 0.3) is 0 Å². The molecule has 0 bridgehead atoms. The normalized spacial score (nSPS) is 10.8. The molecule has 2 aromatic heterocycles. The lowest BCUT2D eigenvalue weighted by Gasteiger charge is -2.12. The number of amides is 2. The van der Waals surface area contributed by atoms with Crippen molar-refractivity contribution in [1.29, 1.82) is 0 Å². The van der Waals surface area contributed by atoms with Crippen LogP contribution in [-0.2, 0) is 0 Å². The molecule has 126 valence electrons. The molecule has 2 aromatic rings. The number of carbonyl (C=O) groups excluding carboxylic acids is 2. The lowest BCUT2D eigenvalue weighted by atomic mass is 10.2. The number of pyridine rings is 2. The van der Waals surface area contributed by atoms with Gasteiger partial charge in [0.2, 0.25) is 5.88 Å². The third kappa shape index (κ3) is 4.93. The largest absolute Gasteiger partial charge is 0.467 e. The molecule has 2 N–H and O–H groups in total. The van der Waals surface area contributed by atoms with Crippen molar-refractivity contribution in [2.45, 2.75) is 6.18 Å². The van der Waals surface area contributed by atoms with Crippen molar-refractivity contribution in [1.82, 2.24) is 20.8 Å². The Hall–Kier alpha value is -3.17. The number of rotatable bonds is 4. The summed E-state index contributed by atoms with van der Waals surface area (Å²) in [5, 5.41) is 0. The predicted octanol–water partition coefficient (Wildman–Crippen LogP) is 1.49. The molecular weight excluding hydrogens is 329 g/mol. The maximum Gasteiger partial charge on any atom is 0.422 e. The highest BCUT2D eigenvalue weighted by molar-refractivity contribution is 5.99. The van der Waals surface area contributed by atoms with Crippen LogP contribution in [0.3, 0.4) is 0 Å². The van der Waals surface area contributed by atoms with Gasteiger partial charge in [-0.15, -0.1) is 0 Å².